The molecule has 0 heterocycles. The lowest BCUT2D eigenvalue weighted by Gasteiger charge is -2.03. The van der Waals surface area contributed by atoms with Crippen molar-refractivity contribution in [1.82, 2.24) is 0 Å². The van der Waals surface area contributed by atoms with Crippen LogP contribution in [0.5, 0.6) is 11.5 Å². The van der Waals surface area contributed by atoms with Gasteiger partial charge in [0.2, 0.25) is 0 Å². The maximum atomic E-state index is 13.1. The van der Waals surface area contributed by atoms with Crippen molar-refractivity contribution in [3.8, 4) is 11.5 Å². The monoisotopic (exact) mass is 383 g/mol. The number of nitrogens with two attached hydrogens (primary N) is 2. The van der Waals surface area contributed by atoms with E-state index in [4.69, 9.17) is 16.2 Å². The van der Waals surface area contributed by atoms with Crippen LogP contribution in [-0.4, -0.2) is 31.0 Å². The molecule has 11 heteroatoms. The van der Waals surface area contributed by atoms with Gasteiger partial charge in [-0.25, -0.2) is 8.78 Å². The van der Waals surface area contributed by atoms with Crippen LogP contribution in [0.1, 0.15) is 20.7 Å². The van der Waals surface area contributed by atoms with Crippen molar-refractivity contribution in [2.75, 3.05) is 14.2 Å². The highest BCUT2D eigenvalue weighted by atomic mass is 19.1. The van der Waals surface area contributed by atoms with E-state index in [-0.39, 0.29) is 11.3 Å². The Labute approximate surface area is 151 Å². The van der Waals surface area contributed by atoms with Crippen molar-refractivity contribution in [2.24, 2.45) is 11.5 Å². The van der Waals surface area contributed by atoms with Gasteiger partial charge >= 0.3 is 5.69 Å². The maximum Gasteiger partial charge on any atom is 0.311 e. The van der Waals surface area contributed by atoms with Crippen molar-refractivity contribution in [2.45, 2.75) is 0 Å². The first-order valence-electron chi connectivity index (χ1n) is 7.07. The van der Waals surface area contributed by atoms with Gasteiger partial charge in [0.1, 0.15) is 17.4 Å². The molecule has 2 aromatic carbocycles. The second-order valence-electron chi connectivity index (χ2n) is 4.84. The number of nitro groups is 1. The molecule has 0 saturated heterocycles. The van der Waals surface area contributed by atoms with Crippen LogP contribution in [0.3, 0.4) is 0 Å². The van der Waals surface area contributed by atoms with E-state index in [1.165, 1.54) is 19.2 Å². The van der Waals surface area contributed by atoms with Gasteiger partial charge in [-0.05, 0) is 12.1 Å². The van der Waals surface area contributed by atoms with Crippen LogP contribution < -0.4 is 20.9 Å². The summed E-state index contributed by atoms with van der Waals surface area (Å²) in [4.78, 5) is 31.0. The molecule has 144 valence electrons. The number of hydrogen-bond donors (Lipinski definition) is 2. The van der Waals surface area contributed by atoms with Crippen LogP contribution in [0.2, 0.25) is 0 Å². The number of methoxy groups -OCH3 is 2. The van der Waals surface area contributed by atoms with Gasteiger partial charge in [-0.1, -0.05) is 0 Å². The molecular weight excluding hydrogens is 368 g/mol. The zero-order valence-electron chi connectivity index (χ0n) is 14.2. The average Bonchev–Trinajstić information content (AvgIpc) is 2.60. The number of benzene rings is 2. The summed E-state index contributed by atoms with van der Waals surface area (Å²) >= 11 is 0. The van der Waals surface area contributed by atoms with Gasteiger partial charge in [0.05, 0.1) is 30.3 Å². The lowest BCUT2D eigenvalue weighted by molar-refractivity contribution is -0.385. The summed E-state index contributed by atoms with van der Waals surface area (Å²) in [6.07, 6.45) is 0. The third-order valence-corrected chi connectivity index (χ3v) is 3.17. The lowest BCUT2D eigenvalue weighted by atomic mass is 10.1. The van der Waals surface area contributed by atoms with E-state index in [2.05, 4.69) is 4.74 Å². The molecule has 2 amide bonds. The Morgan fingerprint density at radius 3 is 1.93 bits per heavy atom. The SMILES string of the molecule is COc1cc(F)c(C(N)=O)cc1[N+](=O)[O-].COc1ccc(C(N)=O)c(F)c1. The standard InChI is InChI=1S/C8H7FN2O4.C8H8FNO2/c1-15-7-3-5(9)4(8(10)12)2-6(7)11(13)14;1-12-5-2-3-6(8(10)11)7(9)4-5/h2-3H,1H3,(H2,10,12);2-4H,1H3,(H2,10,11). The summed E-state index contributed by atoms with van der Waals surface area (Å²) in [5.74, 6) is -3.37. The van der Waals surface area contributed by atoms with Crippen LogP contribution in [-0.2, 0) is 0 Å². The van der Waals surface area contributed by atoms with Crippen molar-refractivity contribution < 1.29 is 32.8 Å². The van der Waals surface area contributed by atoms with Gasteiger partial charge < -0.3 is 20.9 Å². The molecule has 0 aliphatic rings. The quantitative estimate of drug-likeness (QED) is 0.594. The largest absolute Gasteiger partial charge is 0.497 e. The van der Waals surface area contributed by atoms with E-state index in [0.717, 1.165) is 25.3 Å². The molecule has 0 aliphatic heterocycles. The lowest BCUT2D eigenvalue weighted by Crippen LogP contribution is -2.13. The number of rotatable bonds is 5. The molecule has 0 radical (unpaired) electrons. The maximum absolute atomic E-state index is 13.1. The number of carbonyl (C=O) groups excluding carboxylic acids is 2. The first-order chi connectivity index (χ1) is 12.6. The van der Waals surface area contributed by atoms with Gasteiger partial charge in [-0.3, -0.25) is 19.7 Å². The van der Waals surface area contributed by atoms with Crippen LogP contribution in [0.4, 0.5) is 14.5 Å². The summed E-state index contributed by atoms with van der Waals surface area (Å²) in [7, 11) is 2.57. The van der Waals surface area contributed by atoms with Crippen LogP contribution in [0.15, 0.2) is 30.3 Å². The van der Waals surface area contributed by atoms with E-state index in [1.807, 2.05) is 0 Å². The predicted octanol–water partition coefficient (Wildman–Crippen LogP) is 1.77. The Morgan fingerprint density at radius 1 is 0.963 bits per heavy atom. The minimum Gasteiger partial charge on any atom is -0.497 e. The molecule has 2 aromatic rings. The summed E-state index contributed by atoms with van der Waals surface area (Å²) in [5.41, 5.74) is 8.54. The minimum absolute atomic E-state index is 0.129. The molecule has 0 spiro atoms. The molecule has 9 nitrogen and oxygen atoms in total. The number of carbonyl (C=O) groups is 2. The molecule has 0 unspecified atom stereocenters. The topological polar surface area (TPSA) is 148 Å². The molecule has 0 aromatic heterocycles. The molecular formula is C16H15F2N3O6. The third-order valence-electron chi connectivity index (χ3n) is 3.17. The Hall–Kier alpha value is -3.76. The van der Waals surface area contributed by atoms with Gasteiger partial charge in [-0.15, -0.1) is 0 Å². The Bertz CT molecular complexity index is 889. The summed E-state index contributed by atoms with van der Waals surface area (Å²) in [6, 6.07) is 5.37. The highest BCUT2D eigenvalue weighted by Gasteiger charge is 2.21. The van der Waals surface area contributed by atoms with E-state index >= 15 is 0 Å². The van der Waals surface area contributed by atoms with Crippen LogP contribution in [0.25, 0.3) is 0 Å². The molecule has 0 atom stereocenters. The summed E-state index contributed by atoms with van der Waals surface area (Å²) in [6.45, 7) is 0. The third kappa shape index (κ3) is 5.36. The number of nitrogens with zero attached hydrogens (tertiary/aromatic N) is 1. The first-order valence-corrected chi connectivity index (χ1v) is 7.07. The number of hydrogen-bond acceptors (Lipinski definition) is 6. The van der Waals surface area contributed by atoms with Gasteiger partial charge in [0.15, 0.2) is 5.75 Å². The van der Waals surface area contributed by atoms with Gasteiger partial charge in [0.25, 0.3) is 11.8 Å². The van der Waals surface area contributed by atoms with Crippen molar-refractivity contribution in [3.63, 3.8) is 0 Å². The molecule has 27 heavy (non-hydrogen) atoms. The Balaban J connectivity index is 0.000000277. The zero-order chi connectivity index (χ0) is 20.7. The van der Waals surface area contributed by atoms with E-state index < -0.39 is 39.6 Å². The number of primary amides is 2. The Morgan fingerprint density at radius 2 is 1.52 bits per heavy atom. The molecule has 4 N–H and O–H groups in total. The van der Waals surface area contributed by atoms with Crippen molar-refractivity contribution in [1.29, 1.82) is 0 Å². The summed E-state index contributed by atoms with van der Waals surface area (Å²) < 4.78 is 35.4. The van der Waals surface area contributed by atoms with Crippen LogP contribution >= 0.6 is 0 Å². The molecule has 2 rings (SSSR count). The zero-order valence-corrected chi connectivity index (χ0v) is 14.2. The highest BCUT2D eigenvalue weighted by molar-refractivity contribution is 5.94. The minimum atomic E-state index is -1.07. The van der Waals surface area contributed by atoms with E-state index in [1.54, 1.807) is 0 Å². The number of halogens is 2. The van der Waals surface area contributed by atoms with Crippen molar-refractivity contribution >= 4 is 17.5 Å². The molecule has 0 bridgehead atoms. The second kappa shape index (κ2) is 9.08. The van der Waals surface area contributed by atoms with E-state index in [9.17, 15) is 28.5 Å². The van der Waals surface area contributed by atoms with E-state index in [0.29, 0.717) is 5.75 Å². The smallest absolute Gasteiger partial charge is 0.311 e. The fourth-order valence-corrected chi connectivity index (χ4v) is 1.86. The first kappa shape index (κ1) is 21.3. The second-order valence-corrected chi connectivity index (χ2v) is 4.84. The highest BCUT2D eigenvalue weighted by Crippen LogP contribution is 2.29. The number of ether oxygens (including phenoxy) is 2. The molecule has 0 aliphatic carbocycles. The Kier molecular flexibility index (Phi) is 7.16. The van der Waals surface area contributed by atoms with Crippen molar-refractivity contribution in [3.05, 3.63) is 63.2 Å². The average molecular weight is 383 g/mol. The number of amides is 2. The fraction of sp³-hybridized carbons (Fsp3) is 0.125. The predicted molar refractivity (Wildman–Crippen MR) is 89.6 cm³/mol. The normalized spacial score (nSPS) is 9.63. The van der Waals surface area contributed by atoms with Gasteiger partial charge in [0, 0.05) is 18.2 Å². The van der Waals surface area contributed by atoms with Gasteiger partial charge in [-0.2, -0.15) is 0 Å². The summed E-state index contributed by atoms with van der Waals surface area (Å²) in [5, 5.41) is 10.5. The molecule has 0 fully saturated rings. The van der Waals surface area contributed by atoms with Crippen LogP contribution in [0, 0.1) is 21.7 Å². The molecule has 0 saturated carbocycles. The fourth-order valence-electron chi connectivity index (χ4n) is 1.86. The number of nitro benzene ring substituents is 1.